The van der Waals surface area contributed by atoms with Crippen molar-refractivity contribution in [2.24, 2.45) is 0 Å². The highest BCUT2D eigenvalue weighted by Crippen LogP contribution is 1.81. The van der Waals surface area contributed by atoms with Crippen LogP contribution in [0.4, 0.5) is 0 Å². The minimum Gasteiger partial charge on any atom is -0.270 e. The van der Waals surface area contributed by atoms with Gasteiger partial charge in [-0.2, -0.15) is 0 Å². The van der Waals surface area contributed by atoms with E-state index in [0.29, 0.717) is 0 Å². The second-order valence-corrected chi connectivity index (χ2v) is 0.697. The van der Waals surface area contributed by atoms with Crippen molar-refractivity contribution < 1.29 is 0 Å². The maximum absolute atomic E-state index is 7.84. The molecular formula is C4HN3. The smallest absolute Gasteiger partial charge is 0.270 e. The van der Waals surface area contributed by atoms with Crippen LogP contribution in [0.5, 0.6) is 0 Å². The van der Waals surface area contributed by atoms with Gasteiger partial charge in [0.15, 0.2) is 0 Å². The highest BCUT2D eigenvalue weighted by Gasteiger charge is 1.82. The van der Waals surface area contributed by atoms with E-state index in [9.17, 15) is 0 Å². The molecule has 0 unspecified atom stereocenters. The zero-order valence-corrected chi connectivity index (χ0v) is 3.39. The first kappa shape index (κ1) is 5.43. The summed E-state index contributed by atoms with van der Waals surface area (Å²) in [4.78, 5) is 2.63. The Labute approximate surface area is 40.8 Å². The van der Waals surface area contributed by atoms with Crippen LogP contribution in [0, 0.1) is 23.3 Å². The fourth-order valence-electron chi connectivity index (χ4n) is 0.0809. The van der Waals surface area contributed by atoms with Crippen LogP contribution in [0.25, 0.3) is 4.85 Å². The standard InChI is InChI=1S/C4HN3/c1-7-4(2-5)3-6/h5H. The Morgan fingerprint density at radius 3 is 2.43 bits per heavy atom. The number of hydrogen-bond acceptors (Lipinski definition) is 2. The molecule has 0 aliphatic carbocycles. The SMILES string of the molecule is [C-]#[N+]C(=C=N)C#N. The van der Waals surface area contributed by atoms with Gasteiger partial charge in [0, 0.05) is 0 Å². The molecule has 0 aromatic rings. The van der Waals surface area contributed by atoms with Crippen molar-refractivity contribution in [3.8, 4) is 6.07 Å². The van der Waals surface area contributed by atoms with Gasteiger partial charge in [0.05, 0.1) is 12.6 Å². The molecule has 0 spiro atoms. The molecule has 0 aromatic heterocycles. The number of hydrogen-bond donors (Lipinski definition) is 1. The van der Waals surface area contributed by atoms with E-state index in [1.807, 2.05) is 0 Å². The fourth-order valence-corrected chi connectivity index (χ4v) is 0.0809. The van der Waals surface area contributed by atoms with Gasteiger partial charge in [0.25, 0.3) is 0 Å². The van der Waals surface area contributed by atoms with Crippen molar-refractivity contribution >= 4 is 5.87 Å². The molecule has 0 bridgehead atoms. The maximum atomic E-state index is 7.84. The molecule has 0 saturated carbocycles. The van der Waals surface area contributed by atoms with Crippen molar-refractivity contribution in [2.45, 2.75) is 0 Å². The lowest BCUT2D eigenvalue weighted by molar-refractivity contribution is 1.50. The molecule has 0 rings (SSSR count). The number of nitriles is 1. The zero-order valence-electron chi connectivity index (χ0n) is 3.39. The van der Waals surface area contributed by atoms with Gasteiger partial charge in [-0.05, 0) is 5.87 Å². The molecule has 0 saturated heterocycles. The first-order chi connectivity index (χ1) is 3.35. The molecule has 3 heteroatoms. The third kappa shape index (κ3) is 1.33. The largest absolute Gasteiger partial charge is 0.321 e. The van der Waals surface area contributed by atoms with Gasteiger partial charge in [-0.3, -0.25) is 5.41 Å². The molecule has 0 aliphatic rings. The van der Waals surface area contributed by atoms with Crippen molar-refractivity contribution in [3.05, 3.63) is 17.1 Å². The lowest BCUT2D eigenvalue weighted by Gasteiger charge is -1.61. The molecular weight excluding hydrogens is 90.1 g/mol. The highest BCUT2D eigenvalue weighted by molar-refractivity contribution is 5.62. The summed E-state index contributed by atoms with van der Waals surface area (Å²) in [5.74, 6) is 1.65. The molecule has 0 heterocycles. The Morgan fingerprint density at radius 2 is 2.43 bits per heavy atom. The lowest BCUT2D eigenvalue weighted by Crippen LogP contribution is -1.62. The predicted molar refractivity (Wildman–Crippen MR) is 23.5 cm³/mol. The number of nitrogens with zero attached hydrogens (tertiary/aromatic N) is 2. The molecule has 0 amide bonds. The van der Waals surface area contributed by atoms with Crippen LogP contribution in [0.15, 0.2) is 5.70 Å². The van der Waals surface area contributed by atoms with Gasteiger partial charge in [0.2, 0.25) is 0 Å². The fraction of sp³-hybridized carbons (Fsp3) is 0. The Morgan fingerprint density at radius 1 is 1.86 bits per heavy atom. The Hall–Kier alpha value is -1.57. The van der Waals surface area contributed by atoms with Crippen LogP contribution in [0.1, 0.15) is 0 Å². The average Bonchev–Trinajstić information content (AvgIpc) is 1.72. The Balaban J connectivity index is 4.35. The van der Waals surface area contributed by atoms with Gasteiger partial charge in [0.1, 0.15) is 0 Å². The van der Waals surface area contributed by atoms with Crippen LogP contribution in [-0.2, 0) is 0 Å². The quantitative estimate of drug-likeness (QED) is 0.264. The van der Waals surface area contributed by atoms with Crippen LogP contribution < -0.4 is 0 Å². The van der Waals surface area contributed by atoms with E-state index < -0.39 is 0 Å². The highest BCUT2D eigenvalue weighted by atomic mass is 14.7. The van der Waals surface area contributed by atoms with E-state index in [4.69, 9.17) is 17.2 Å². The summed E-state index contributed by atoms with van der Waals surface area (Å²) in [5.41, 5.74) is -0.306. The van der Waals surface area contributed by atoms with E-state index in [0.717, 1.165) is 0 Å². The topological polar surface area (TPSA) is 52.0 Å². The minimum atomic E-state index is -0.306. The minimum absolute atomic E-state index is 0.306. The molecule has 32 valence electrons. The molecule has 0 aromatic carbocycles. The maximum Gasteiger partial charge on any atom is 0.321 e. The number of allylic oxidation sites excluding steroid dienone is 1. The predicted octanol–water partition coefficient (Wildman–Crippen LogP) is 0.562. The Bertz CT molecular complexity index is 168. The van der Waals surface area contributed by atoms with Gasteiger partial charge in [-0.25, -0.2) is 10.1 Å². The Kier molecular flexibility index (Phi) is 2.06. The molecule has 7 heavy (non-hydrogen) atoms. The van der Waals surface area contributed by atoms with Crippen molar-refractivity contribution in [3.63, 3.8) is 0 Å². The molecule has 0 atom stereocenters. The van der Waals surface area contributed by atoms with Gasteiger partial charge in [-0.15, -0.1) is 0 Å². The molecule has 0 aliphatic heterocycles. The average molecular weight is 91.1 g/mol. The number of rotatable bonds is 0. The molecule has 0 fully saturated rings. The summed E-state index contributed by atoms with van der Waals surface area (Å²) in [6.07, 6.45) is 0. The van der Waals surface area contributed by atoms with E-state index in [1.54, 1.807) is 5.87 Å². The normalized spacial score (nSPS) is 4.86. The van der Waals surface area contributed by atoms with Gasteiger partial charge in [-0.1, -0.05) is 0 Å². The molecule has 1 N–H and O–H groups in total. The van der Waals surface area contributed by atoms with Crippen molar-refractivity contribution in [1.82, 2.24) is 0 Å². The summed E-state index contributed by atoms with van der Waals surface area (Å²) in [7, 11) is 0. The second kappa shape index (κ2) is 2.66. The molecule has 0 radical (unpaired) electrons. The van der Waals surface area contributed by atoms with Crippen molar-refractivity contribution in [1.29, 1.82) is 10.7 Å². The van der Waals surface area contributed by atoms with E-state index in [2.05, 4.69) is 4.85 Å². The second-order valence-electron chi connectivity index (χ2n) is 0.697. The van der Waals surface area contributed by atoms with Crippen molar-refractivity contribution in [2.75, 3.05) is 0 Å². The first-order valence-corrected chi connectivity index (χ1v) is 1.42. The van der Waals surface area contributed by atoms with Crippen LogP contribution in [-0.4, -0.2) is 5.87 Å². The van der Waals surface area contributed by atoms with E-state index >= 15 is 0 Å². The van der Waals surface area contributed by atoms with Gasteiger partial charge >= 0.3 is 5.70 Å². The van der Waals surface area contributed by atoms with Crippen LogP contribution in [0.2, 0.25) is 0 Å². The van der Waals surface area contributed by atoms with Gasteiger partial charge < -0.3 is 0 Å². The first-order valence-electron chi connectivity index (χ1n) is 1.42. The van der Waals surface area contributed by atoms with Crippen LogP contribution >= 0.6 is 0 Å². The summed E-state index contributed by atoms with van der Waals surface area (Å²) < 4.78 is 0. The monoisotopic (exact) mass is 91.0 g/mol. The third-order valence-corrected chi connectivity index (χ3v) is 0.336. The molecule has 3 nitrogen and oxygen atoms in total. The summed E-state index contributed by atoms with van der Waals surface area (Å²) in [6, 6.07) is 1.47. The summed E-state index contributed by atoms with van der Waals surface area (Å²) in [6.45, 7) is 6.14. The summed E-state index contributed by atoms with van der Waals surface area (Å²) in [5, 5.41) is 14.1. The third-order valence-electron chi connectivity index (χ3n) is 0.336. The van der Waals surface area contributed by atoms with Crippen LogP contribution in [0.3, 0.4) is 0 Å². The lowest BCUT2D eigenvalue weighted by atomic mass is 10.6. The van der Waals surface area contributed by atoms with E-state index in [1.165, 1.54) is 6.07 Å². The number of nitrogens with one attached hydrogen (secondary N) is 1. The van der Waals surface area contributed by atoms with E-state index in [-0.39, 0.29) is 5.70 Å². The zero-order chi connectivity index (χ0) is 5.70. The summed E-state index contributed by atoms with van der Waals surface area (Å²) >= 11 is 0.